The molecular formula is C21H26N4O2. The van der Waals surface area contributed by atoms with E-state index in [0.29, 0.717) is 17.7 Å². The fraction of sp³-hybridized carbons (Fsp3) is 0.476. The van der Waals surface area contributed by atoms with Crippen LogP contribution in [0.2, 0.25) is 0 Å². The molecule has 2 aromatic rings. The van der Waals surface area contributed by atoms with E-state index in [1.807, 2.05) is 42.3 Å². The summed E-state index contributed by atoms with van der Waals surface area (Å²) in [4.78, 5) is 16.0. The summed E-state index contributed by atoms with van der Waals surface area (Å²) in [6.45, 7) is 2.87. The first-order valence-corrected chi connectivity index (χ1v) is 9.61. The lowest BCUT2D eigenvalue weighted by molar-refractivity contribution is -0.126. The zero-order valence-electron chi connectivity index (χ0n) is 16.0. The fourth-order valence-electron chi connectivity index (χ4n) is 4.24. The smallest absolute Gasteiger partial charge is 0.222 e. The summed E-state index contributed by atoms with van der Waals surface area (Å²) < 4.78 is 5.28. The van der Waals surface area contributed by atoms with Crippen molar-refractivity contribution in [2.24, 2.45) is 11.8 Å². The van der Waals surface area contributed by atoms with Crippen molar-refractivity contribution >= 4 is 11.7 Å². The number of hydrogen-bond donors (Lipinski definition) is 0. The number of piperidine rings is 1. The number of methoxy groups -OCH3 is 1. The van der Waals surface area contributed by atoms with E-state index in [4.69, 9.17) is 4.74 Å². The minimum atomic E-state index is 0.293. The topological polar surface area (TPSA) is 58.6 Å². The van der Waals surface area contributed by atoms with Crippen molar-refractivity contribution in [3.8, 4) is 17.0 Å². The molecule has 0 aliphatic carbocycles. The number of ether oxygens (including phenoxy) is 1. The van der Waals surface area contributed by atoms with Gasteiger partial charge in [0.05, 0.1) is 12.8 Å². The highest BCUT2D eigenvalue weighted by molar-refractivity contribution is 5.78. The predicted octanol–water partition coefficient (Wildman–Crippen LogP) is 2.85. The monoisotopic (exact) mass is 366 g/mol. The van der Waals surface area contributed by atoms with Crippen LogP contribution < -0.4 is 9.64 Å². The molecule has 1 amide bonds. The van der Waals surface area contributed by atoms with Gasteiger partial charge in [-0.15, -0.1) is 10.2 Å². The Morgan fingerprint density at radius 1 is 1.07 bits per heavy atom. The molecule has 27 heavy (non-hydrogen) atoms. The van der Waals surface area contributed by atoms with Gasteiger partial charge in [-0.1, -0.05) is 12.1 Å². The molecule has 6 nitrogen and oxygen atoms in total. The van der Waals surface area contributed by atoms with E-state index in [1.54, 1.807) is 7.11 Å². The number of carbonyl (C=O) groups is 1. The second-order valence-electron chi connectivity index (χ2n) is 7.57. The number of aromatic nitrogens is 2. The lowest BCUT2D eigenvalue weighted by Crippen LogP contribution is -2.37. The van der Waals surface area contributed by atoms with Crippen LogP contribution in [0.4, 0.5) is 5.82 Å². The second kappa shape index (κ2) is 7.55. The molecule has 0 radical (unpaired) electrons. The number of hydrogen-bond acceptors (Lipinski definition) is 5. The molecule has 1 unspecified atom stereocenters. The quantitative estimate of drug-likeness (QED) is 0.833. The van der Waals surface area contributed by atoms with Crippen LogP contribution in [0.1, 0.15) is 19.3 Å². The maximum absolute atomic E-state index is 11.8. The summed E-state index contributed by atoms with van der Waals surface area (Å²) in [7, 11) is 3.58. The Labute approximate surface area is 160 Å². The average Bonchev–Trinajstić information content (AvgIpc) is 3.07. The molecule has 4 rings (SSSR count). The zero-order valence-corrected chi connectivity index (χ0v) is 16.0. The van der Waals surface area contributed by atoms with Crippen molar-refractivity contribution in [1.82, 2.24) is 15.1 Å². The van der Waals surface area contributed by atoms with Crippen LogP contribution >= 0.6 is 0 Å². The molecule has 1 aromatic heterocycles. The molecule has 2 saturated heterocycles. The highest BCUT2D eigenvalue weighted by Gasteiger charge is 2.34. The van der Waals surface area contributed by atoms with Crippen LogP contribution in [0.5, 0.6) is 5.75 Å². The summed E-state index contributed by atoms with van der Waals surface area (Å²) in [6, 6.07) is 11.9. The first-order valence-electron chi connectivity index (χ1n) is 9.61. The van der Waals surface area contributed by atoms with Gasteiger partial charge in [0.1, 0.15) is 5.75 Å². The van der Waals surface area contributed by atoms with Crippen LogP contribution in [0, 0.1) is 11.8 Å². The standard InChI is InChI=1S/C21H26N4O2/c1-24-14-17(13-21(24)26)15-8-10-25(11-9-15)20-7-6-19(22-23-20)16-4-3-5-18(12-16)27-2/h3-7,12,15,17H,8-11,13-14H2,1-2H3. The first-order chi connectivity index (χ1) is 13.1. The van der Waals surface area contributed by atoms with Crippen LogP contribution in [0.15, 0.2) is 36.4 Å². The third kappa shape index (κ3) is 3.75. The minimum absolute atomic E-state index is 0.293. The van der Waals surface area contributed by atoms with E-state index < -0.39 is 0 Å². The number of amides is 1. The van der Waals surface area contributed by atoms with Crippen LogP contribution in [-0.2, 0) is 4.79 Å². The van der Waals surface area contributed by atoms with Crippen LogP contribution in [0.25, 0.3) is 11.3 Å². The number of anilines is 1. The van der Waals surface area contributed by atoms with E-state index in [1.165, 1.54) is 0 Å². The van der Waals surface area contributed by atoms with Gasteiger partial charge in [-0.3, -0.25) is 4.79 Å². The Bertz CT molecular complexity index is 800. The van der Waals surface area contributed by atoms with E-state index >= 15 is 0 Å². The molecule has 142 valence electrons. The summed E-state index contributed by atoms with van der Waals surface area (Å²) in [5.74, 6) is 3.20. The maximum atomic E-state index is 11.8. The molecule has 0 N–H and O–H groups in total. The fourth-order valence-corrected chi connectivity index (χ4v) is 4.24. The first kappa shape index (κ1) is 17.8. The largest absolute Gasteiger partial charge is 0.497 e. The maximum Gasteiger partial charge on any atom is 0.222 e. The van der Waals surface area contributed by atoms with E-state index in [0.717, 1.165) is 61.7 Å². The van der Waals surface area contributed by atoms with Gasteiger partial charge < -0.3 is 14.5 Å². The molecule has 2 aliphatic rings. The number of carbonyl (C=O) groups excluding carboxylic acids is 1. The highest BCUT2D eigenvalue weighted by Crippen LogP contribution is 2.33. The van der Waals surface area contributed by atoms with Crippen LogP contribution in [-0.4, -0.2) is 54.8 Å². The van der Waals surface area contributed by atoms with Gasteiger partial charge in [0.2, 0.25) is 5.91 Å². The number of benzene rings is 1. The van der Waals surface area contributed by atoms with Gasteiger partial charge in [0.15, 0.2) is 5.82 Å². The normalized spacial score (nSPS) is 21.0. The molecule has 6 heteroatoms. The predicted molar refractivity (Wildman–Crippen MR) is 105 cm³/mol. The van der Waals surface area contributed by atoms with E-state index in [9.17, 15) is 4.79 Å². The van der Waals surface area contributed by atoms with Crippen molar-refractivity contribution in [2.75, 3.05) is 38.7 Å². The highest BCUT2D eigenvalue weighted by atomic mass is 16.5. The SMILES string of the molecule is COc1cccc(-c2ccc(N3CCC(C4CC(=O)N(C)C4)CC3)nn2)c1. The van der Waals surface area contributed by atoms with Crippen molar-refractivity contribution in [3.05, 3.63) is 36.4 Å². The summed E-state index contributed by atoms with van der Waals surface area (Å²) in [5, 5.41) is 8.87. The van der Waals surface area contributed by atoms with Gasteiger partial charge in [-0.25, -0.2) is 0 Å². The second-order valence-corrected chi connectivity index (χ2v) is 7.57. The average molecular weight is 366 g/mol. The lowest BCUT2D eigenvalue weighted by atomic mass is 9.83. The Kier molecular flexibility index (Phi) is 4.97. The summed E-state index contributed by atoms with van der Waals surface area (Å²) in [6.07, 6.45) is 2.95. The Hall–Kier alpha value is -2.63. The molecule has 0 saturated carbocycles. The van der Waals surface area contributed by atoms with Gasteiger partial charge in [0.25, 0.3) is 0 Å². The minimum Gasteiger partial charge on any atom is -0.497 e. The van der Waals surface area contributed by atoms with Crippen molar-refractivity contribution in [3.63, 3.8) is 0 Å². The molecule has 1 aromatic carbocycles. The van der Waals surface area contributed by atoms with Crippen molar-refractivity contribution in [2.45, 2.75) is 19.3 Å². The third-order valence-corrected chi connectivity index (χ3v) is 5.92. The van der Waals surface area contributed by atoms with E-state index in [2.05, 4.69) is 21.2 Å². The van der Waals surface area contributed by atoms with Crippen LogP contribution in [0.3, 0.4) is 0 Å². The number of rotatable bonds is 4. The van der Waals surface area contributed by atoms with Gasteiger partial charge in [-0.2, -0.15) is 0 Å². The van der Waals surface area contributed by atoms with Gasteiger partial charge in [-0.05, 0) is 48.9 Å². The molecule has 1 atom stereocenters. The zero-order chi connectivity index (χ0) is 18.8. The Morgan fingerprint density at radius 2 is 1.89 bits per heavy atom. The number of nitrogens with zero attached hydrogens (tertiary/aromatic N) is 4. The molecule has 2 aliphatic heterocycles. The van der Waals surface area contributed by atoms with Gasteiger partial charge in [0, 0.05) is 38.7 Å². The Balaban J connectivity index is 1.38. The third-order valence-electron chi connectivity index (χ3n) is 5.92. The van der Waals surface area contributed by atoms with Gasteiger partial charge >= 0.3 is 0 Å². The molecule has 0 spiro atoms. The lowest BCUT2D eigenvalue weighted by Gasteiger charge is -2.35. The summed E-state index contributed by atoms with van der Waals surface area (Å²) in [5.41, 5.74) is 1.85. The van der Waals surface area contributed by atoms with Crippen molar-refractivity contribution < 1.29 is 9.53 Å². The molecule has 0 bridgehead atoms. The summed E-state index contributed by atoms with van der Waals surface area (Å²) >= 11 is 0. The molecular weight excluding hydrogens is 340 g/mol. The Morgan fingerprint density at radius 3 is 2.52 bits per heavy atom. The van der Waals surface area contributed by atoms with Crippen molar-refractivity contribution in [1.29, 1.82) is 0 Å². The molecule has 3 heterocycles. The number of likely N-dealkylation sites (tertiary alicyclic amines) is 1. The van der Waals surface area contributed by atoms with E-state index in [-0.39, 0.29) is 0 Å². The molecule has 2 fully saturated rings.